The zero-order chi connectivity index (χ0) is 13.8. The van der Waals surface area contributed by atoms with Crippen LogP contribution in [0.5, 0.6) is 0 Å². The predicted molar refractivity (Wildman–Crippen MR) is 63.3 cm³/mol. The standard InChI is InChI=1S/C12H14F2N2O2/c1-12(2,3)18-11(17)16-15-7-8-5-4-6-9(13)10(8)14/h4-7H,1-3H3,(H,16,17)/b15-7+. The fourth-order valence-corrected chi connectivity index (χ4v) is 1.08. The summed E-state index contributed by atoms with van der Waals surface area (Å²) < 4.78 is 30.9. The van der Waals surface area contributed by atoms with Gasteiger partial charge in [0, 0.05) is 5.56 Å². The minimum absolute atomic E-state index is 0.0638. The van der Waals surface area contributed by atoms with Crippen LogP contribution in [0.15, 0.2) is 23.3 Å². The van der Waals surface area contributed by atoms with Crippen LogP contribution < -0.4 is 5.43 Å². The molecule has 1 amide bonds. The molecule has 4 nitrogen and oxygen atoms in total. The van der Waals surface area contributed by atoms with Crippen LogP contribution >= 0.6 is 0 Å². The molecule has 0 saturated heterocycles. The first-order chi connectivity index (χ1) is 8.29. The second-order valence-corrected chi connectivity index (χ2v) is 4.51. The topological polar surface area (TPSA) is 50.7 Å². The molecule has 18 heavy (non-hydrogen) atoms. The molecule has 1 aromatic rings. The minimum atomic E-state index is -1.02. The second kappa shape index (κ2) is 5.57. The summed E-state index contributed by atoms with van der Waals surface area (Å²) in [4.78, 5) is 11.2. The molecular formula is C12H14F2N2O2. The van der Waals surface area contributed by atoms with Gasteiger partial charge in [-0.15, -0.1) is 0 Å². The highest BCUT2D eigenvalue weighted by Gasteiger charge is 2.15. The van der Waals surface area contributed by atoms with Crippen LogP contribution in [0.4, 0.5) is 13.6 Å². The quantitative estimate of drug-likeness (QED) is 0.653. The number of carbonyl (C=O) groups is 1. The molecule has 0 heterocycles. The van der Waals surface area contributed by atoms with Crippen molar-refractivity contribution in [1.29, 1.82) is 0 Å². The molecular weight excluding hydrogens is 242 g/mol. The number of nitrogens with one attached hydrogen (secondary N) is 1. The fraction of sp³-hybridized carbons (Fsp3) is 0.333. The Kier molecular flexibility index (Phi) is 4.36. The van der Waals surface area contributed by atoms with E-state index in [-0.39, 0.29) is 5.56 Å². The number of carbonyl (C=O) groups excluding carboxylic acids is 1. The Morgan fingerprint density at radius 1 is 1.39 bits per heavy atom. The normalized spacial score (nSPS) is 11.6. The van der Waals surface area contributed by atoms with Gasteiger partial charge in [-0.05, 0) is 26.8 Å². The second-order valence-electron chi connectivity index (χ2n) is 4.51. The Hall–Kier alpha value is -1.98. The van der Waals surface area contributed by atoms with Crippen LogP contribution in [0.3, 0.4) is 0 Å². The molecule has 1 rings (SSSR count). The van der Waals surface area contributed by atoms with Gasteiger partial charge in [-0.3, -0.25) is 0 Å². The third-order valence-electron chi connectivity index (χ3n) is 1.74. The van der Waals surface area contributed by atoms with Crippen LogP contribution in [-0.4, -0.2) is 17.9 Å². The third-order valence-corrected chi connectivity index (χ3v) is 1.74. The number of ether oxygens (including phenoxy) is 1. The molecule has 0 aliphatic heterocycles. The van der Waals surface area contributed by atoms with Gasteiger partial charge in [-0.25, -0.2) is 19.0 Å². The molecule has 98 valence electrons. The first-order valence-electron chi connectivity index (χ1n) is 5.25. The van der Waals surface area contributed by atoms with E-state index >= 15 is 0 Å². The van der Waals surface area contributed by atoms with E-state index < -0.39 is 23.3 Å². The van der Waals surface area contributed by atoms with Gasteiger partial charge in [0.15, 0.2) is 11.6 Å². The van der Waals surface area contributed by atoms with Gasteiger partial charge in [0.05, 0.1) is 6.21 Å². The maximum Gasteiger partial charge on any atom is 0.428 e. The zero-order valence-electron chi connectivity index (χ0n) is 10.3. The summed E-state index contributed by atoms with van der Waals surface area (Å²) in [6.45, 7) is 5.09. The molecule has 0 spiro atoms. The highest BCUT2D eigenvalue weighted by Crippen LogP contribution is 2.09. The summed E-state index contributed by atoms with van der Waals surface area (Å²) in [6.07, 6.45) is 0.234. The molecule has 0 aromatic heterocycles. The van der Waals surface area contributed by atoms with E-state index in [0.717, 1.165) is 12.3 Å². The highest BCUT2D eigenvalue weighted by atomic mass is 19.2. The van der Waals surface area contributed by atoms with Crippen molar-refractivity contribution in [3.05, 3.63) is 35.4 Å². The van der Waals surface area contributed by atoms with Crippen LogP contribution in [0.25, 0.3) is 0 Å². The summed E-state index contributed by atoms with van der Waals surface area (Å²) in [6, 6.07) is 3.67. The molecule has 6 heteroatoms. The smallest absolute Gasteiger partial charge is 0.428 e. The van der Waals surface area contributed by atoms with Crippen molar-refractivity contribution in [2.45, 2.75) is 26.4 Å². The summed E-state index contributed by atoms with van der Waals surface area (Å²) >= 11 is 0. The average Bonchev–Trinajstić information content (AvgIpc) is 2.21. The van der Waals surface area contributed by atoms with Gasteiger partial charge in [-0.1, -0.05) is 12.1 Å². The van der Waals surface area contributed by atoms with E-state index in [1.165, 1.54) is 12.1 Å². The highest BCUT2D eigenvalue weighted by molar-refractivity contribution is 5.81. The lowest BCUT2D eigenvalue weighted by atomic mass is 10.2. The lowest BCUT2D eigenvalue weighted by Gasteiger charge is -2.18. The van der Waals surface area contributed by atoms with Gasteiger partial charge < -0.3 is 4.74 Å². The van der Waals surface area contributed by atoms with E-state index in [0.29, 0.717) is 0 Å². The zero-order valence-corrected chi connectivity index (χ0v) is 10.3. The SMILES string of the molecule is CC(C)(C)OC(=O)N/N=C/c1cccc(F)c1F. The number of amides is 1. The Balaban J connectivity index is 2.61. The lowest BCUT2D eigenvalue weighted by Crippen LogP contribution is -2.29. The van der Waals surface area contributed by atoms with Crippen molar-refractivity contribution in [3.8, 4) is 0 Å². The minimum Gasteiger partial charge on any atom is -0.443 e. The summed E-state index contributed by atoms with van der Waals surface area (Å²) in [5.74, 6) is -2.00. The van der Waals surface area contributed by atoms with Gasteiger partial charge in [0.2, 0.25) is 0 Å². The summed E-state index contributed by atoms with van der Waals surface area (Å²) in [5.41, 5.74) is 1.34. The maximum absolute atomic E-state index is 13.2. The number of rotatable bonds is 2. The Morgan fingerprint density at radius 2 is 2.06 bits per heavy atom. The van der Waals surface area contributed by atoms with Crippen molar-refractivity contribution < 1.29 is 18.3 Å². The number of benzene rings is 1. The Morgan fingerprint density at radius 3 is 2.67 bits per heavy atom. The van der Waals surface area contributed by atoms with E-state index in [4.69, 9.17) is 4.74 Å². The van der Waals surface area contributed by atoms with Crippen molar-refractivity contribution in [2.75, 3.05) is 0 Å². The molecule has 0 fully saturated rings. The van der Waals surface area contributed by atoms with Crippen molar-refractivity contribution in [3.63, 3.8) is 0 Å². The van der Waals surface area contributed by atoms with E-state index in [2.05, 4.69) is 10.5 Å². The van der Waals surface area contributed by atoms with Crippen molar-refractivity contribution in [2.24, 2.45) is 5.10 Å². The molecule has 0 radical (unpaired) electrons. The third kappa shape index (κ3) is 4.48. The Bertz CT molecular complexity index is 468. The molecule has 1 aromatic carbocycles. The molecule has 0 bridgehead atoms. The Labute approximate surface area is 104 Å². The van der Waals surface area contributed by atoms with Crippen LogP contribution in [0.2, 0.25) is 0 Å². The van der Waals surface area contributed by atoms with E-state index in [9.17, 15) is 13.6 Å². The molecule has 0 saturated carbocycles. The number of hydrogen-bond donors (Lipinski definition) is 1. The molecule has 0 aliphatic carbocycles. The molecule has 1 N–H and O–H groups in total. The number of hydrazone groups is 1. The average molecular weight is 256 g/mol. The summed E-state index contributed by atoms with van der Waals surface area (Å²) in [7, 11) is 0. The monoisotopic (exact) mass is 256 g/mol. The first-order valence-corrected chi connectivity index (χ1v) is 5.25. The molecule has 0 atom stereocenters. The summed E-state index contributed by atoms with van der Waals surface area (Å²) in [5, 5.41) is 3.47. The largest absolute Gasteiger partial charge is 0.443 e. The van der Waals surface area contributed by atoms with Crippen LogP contribution in [0, 0.1) is 11.6 Å². The molecule has 0 aliphatic rings. The predicted octanol–water partition coefficient (Wildman–Crippen LogP) is 2.82. The number of nitrogens with zero attached hydrogens (tertiary/aromatic N) is 1. The van der Waals surface area contributed by atoms with Gasteiger partial charge in [0.25, 0.3) is 0 Å². The number of hydrogen-bond acceptors (Lipinski definition) is 3. The van der Waals surface area contributed by atoms with Crippen LogP contribution in [0.1, 0.15) is 26.3 Å². The number of halogens is 2. The fourth-order valence-electron chi connectivity index (χ4n) is 1.08. The first kappa shape index (κ1) is 14.1. The van der Waals surface area contributed by atoms with Crippen molar-refractivity contribution >= 4 is 12.3 Å². The van der Waals surface area contributed by atoms with Gasteiger partial charge in [-0.2, -0.15) is 5.10 Å². The van der Waals surface area contributed by atoms with Crippen LogP contribution in [-0.2, 0) is 4.74 Å². The van der Waals surface area contributed by atoms with Gasteiger partial charge >= 0.3 is 6.09 Å². The molecule has 0 unspecified atom stereocenters. The van der Waals surface area contributed by atoms with E-state index in [1.807, 2.05) is 0 Å². The maximum atomic E-state index is 13.2. The van der Waals surface area contributed by atoms with E-state index in [1.54, 1.807) is 20.8 Å². The lowest BCUT2D eigenvalue weighted by molar-refractivity contribution is 0.0529. The van der Waals surface area contributed by atoms with Gasteiger partial charge in [0.1, 0.15) is 5.60 Å². The van der Waals surface area contributed by atoms with Crippen molar-refractivity contribution in [1.82, 2.24) is 5.43 Å².